The van der Waals surface area contributed by atoms with E-state index >= 15 is 0 Å². The molecule has 1 amide bonds. The van der Waals surface area contributed by atoms with Crippen molar-refractivity contribution in [3.8, 4) is 0 Å². The molecule has 0 unspecified atom stereocenters. The van der Waals surface area contributed by atoms with E-state index in [0.29, 0.717) is 4.47 Å². The topological polar surface area (TPSA) is 72.2 Å². The number of nitro benzene ring substituents is 1. The fourth-order valence-corrected chi connectivity index (χ4v) is 2.18. The summed E-state index contributed by atoms with van der Waals surface area (Å²) < 4.78 is 14.2. The van der Waals surface area contributed by atoms with Crippen LogP contribution in [0.4, 0.5) is 15.8 Å². The van der Waals surface area contributed by atoms with Crippen LogP contribution >= 0.6 is 15.9 Å². The van der Waals surface area contributed by atoms with Crippen molar-refractivity contribution in [2.24, 2.45) is 0 Å². The van der Waals surface area contributed by atoms with Crippen LogP contribution in [0.25, 0.3) is 0 Å². The molecule has 2 rings (SSSR count). The Morgan fingerprint density at radius 1 is 1.33 bits per heavy atom. The molecule has 0 aliphatic carbocycles. The molecule has 0 aromatic heterocycles. The second kappa shape index (κ2) is 6.01. The summed E-state index contributed by atoms with van der Waals surface area (Å²) in [5, 5.41) is 13.3. The monoisotopic (exact) mass is 352 g/mol. The SMILES string of the molecule is Cc1c(C(=O)Nc2ccc(Br)cc2F)cccc1[N+](=O)[O-]. The lowest BCUT2D eigenvalue weighted by molar-refractivity contribution is -0.385. The van der Waals surface area contributed by atoms with Gasteiger partial charge in [-0.3, -0.25) is 14.9 Å². The molecule has 108 valence electrons. The van der Waals surface area contributed by atoms with Crippen molar-refractivity contribution in [3.63, 3.8) is 0 Å². The van der Waals surface area contributed by atoms with Crippen LogP contribution in [0, 0.1) is 22.9 Å². The number of nitrogens with one attached hydrogen (secondary N) is 1. The molecule has 5 nitrogen and oxygen atoms in total. The van der Waals surface area contributed by atoms with Crippen molar-refractivity contribution in [3.05, 3.63) is 67.9 Å². The van der Waals surface area contributed by atoms with Gasteiger partial charge in [-0.25, -0.2) is 4.39 Å². The van der Waals surface area contributed by atoms with Gasteiger partial charge in [-0.1, -0.05) is 22.0 Å². The Morgan fingerprint density at radius 3 is 2.67 bits per heavy atom. The second-order valence-electron chi connectivity index (χ2n) is 4.29. The minimum absolute atomic E-state index is 0.00843. The van der Waals surface area contributed by atoms with Gasteiger partial charge in [-0.05, 0) is 31.2 Å². The van der Waals surface area contributed by atoms with E-state index in [-0.39, 0.29) is 22.5 Å². The number of carbonyl (C=O) groups is 1. The number of amides is 1. The number of anilines is 1. The lowest BCUT2D eigenvalue weighted by Crippen LogP contribution is -2.15. The molecule has 2 aromatic carbocycles. The van der Waals surface area contributed by atoms with Crippen LogP contribution in [0.2, 0.25) is 0 Å². The standard InChI is InChI=1S/C14H10BrFN2O3/c1-8-10(3-2-4-13(8)18(20)21)14(19)17-12-6-5-9(15)7-11(12)16/h2-7H,1H3,(H,17,19). The summed E-state index contributed by atoms with van der Waals surface area (Å²) in [5.41, 5.74) is 0.220. The Morgan fingerprint density at radius 2 is 2.05 bits per heavy atom. The highest BCUT2D eigenvalue weighted by atomic mass is 79.9. The van der Waals surface area contributed by atoms with Crippen LogP contribution < -0.4 is 5.32 Å². The minimum atomic E-state index is -0.600. The maximum absolute atomic E-state index is 13.7. The molecule has 0 heterocycles. The predicted molar refractivity (Wildman–Crippen MR) is 79.9 cm³/mol. The largest absolute Gasteiger partial charge is 0.319 e. The van der Waals surface area contributed by atoms with E-state index in [1.165, 1.54) is 37.3 Å². The lowest BCUT2D eigenvalue weighted by atomic mass is 10.1. The van der Waals surface area contributed by atoms with Crippen molar-refractivity contribution in [2.75, 3.05) is 5.32 Å². The van der Waals surface area contributed by atoms with E-state index in [4.69, 9.17) is 0 Å². The first-order valence-electron chi connectivity index (χ1n) is 5.90. The number of hydrogen-bond acceptors (Lipinski definition) is 3. The zero-order valence-electron chi connectivity index (χ0n) is 10.9. The van der Waals surface area contributed by atoms with Gasteiger partial charge in [0, 0.05) is 21.7 Å². The highest BCUT2D eigenvalue weighted by Crippen LogP contribution is 2.24. The van der Waals surface area contributed by atoms with Gasteiger partial charge < -0.3 is 5.32 Å². The Balaban J connectivity index is 2.33. The van der Waals surface area contributed by atoms with Gasteiger partial charge in [0.2, 0.25) is 0 Å². The fraction of sp³-hybridized carbons (Fsp3) is 0.0714. The molecule has 0 radical (unpaired) electrons. The minimum Gasteiger partial charge on any atom is -0.319 e. The molecule has 0 atom stereocenters. The third-order valence-electron chi connectivity index (χ3n) is 2.93. The molecule has 7 heteroatoms. The summed E-state index contributed by atoms with van der Waals surface area (Å²) in [7, 11) is 0. The zero-order chi connectivity index (χ0) is 15.6. The van der Waals surface area contributed by atoms with Crippen LogP contribution in [0.3, 0.4) is 0 Å². The van der Waals surface area contributed by atoms with E-state index in [1.54, 1.807) is 6.07 Å². The Kier molecular flexibility index (Phi) is 4.32. The van der Waals surface area contributed by atoms with E-state index in [0.717, 1.165) is 0 Å². The van der Waals surface area contributed by atoms with E-state index < -0.39 is 16.6 Å². The molecular weight excluding hydrogens is 343 g/mol. The van der Waals surface area contributed by atoms with Crippen molar-refractivity contribution in [1.82, 2.24) is 0 Å². The van der Waals surface area contributed by atoms with E-state index in [1.807, 2.05) is 0 Å². The number of nitro groups is 1. The van der Waals surface area contributed by atoms with Gasteiger partial charge in [-0.2, -0.15) is 0 Å². The van der Waals surface area contributed by atoms with Gasteiger partial charge in [0.05, 0.1) is 10.6 Å². The smallest absolute Gasteiger partial charge is 0.273 e. The molecule has 0 spiro atoms. The maximum Gasteiger partial charge on any atom is 0.273 e. The number of halogens is 2. The Hall–Kier alpha value is -2.28. The van der Waals surface area contributed by atoms with E-state index in [9.17, 15) is 19.3 Å². The average molecular weight is 353 g/mol. The summed E-state index contributed by atoms with van der Waals surface area (Å²) in [4.78, 5) is 22.4. The number of rotatable bonds is 3. The first-order valence-corrected chi connectivity index (χ1v) is 6.70. The third kappa shape index (κ3) is 3.25. The molecular formula is C14H10BrFN2O3. The van der Waals surface area contributed by atoms with Crippen molar-refractivity contribution in [1.29, 1.82) is 0 Å². The summed E-state index contributed by atoms with van der Waals surface area (Å²) in [6.07, 6.45) is 0. The summed E-state index contributed by atoms with van der Waals surface area (Å²) in [6.45, 7) is 1.48. The summed E-state index contributed by atoms with van der Waals surface area (Å²) in [5.74, 6) is -1.20. The number of benzene rings is 2. The molecule has 0 aliphatic heterocycles. The molecule has 0 saturated carbocycles. The Bertz CT molecular complexity index is 734. The number of hydrogen-bond donors (Lipinski definition) is 1. The highest BCUT2D eigenvalue weighted by Gasteiger charge is 2.18. The summed E-state index contributed by atoms with van der Waals surface area (Å²) in [6, 6.07) is 8.39. The van der Waals surface area contributed by atoms with Crippen molar-refractivity contribution < 1.29 is 14.1 Å². The lowest BCUT2D eigenvalue weighted by Gasteiger charge is -2.09. The van der Waals surface area contributed by atoms with Crippen LogP contribution in [0.1, 0.15) is 15.9 Å². The van der Waals surface area contributed by atoms with Crippen LogP contribution in [0.15, 0.2) is 40.9 Å². The first kappa shape index (κ1) is 15.1. The number of carbonyl (C=O) groups excluding carboxylic acids is 1. The first-order chi connectivity index (χ1) is 9.90. The maximum atomic E-state index is 13.7. The molecule has 1 N–H and O–H groups in total. The quantitative estimate of drug-likeness (QED) is 0.668. The molecule has 0 aliphatic rings. The Labute approximate surface area is 128 Å². The molecule has 2 aromatic rings. The normalized spacial score (nSPS) is 10.2. The molecule has 0 fully saturated rings. The second-order valence-corrected chi connectivity index (χ2v) is 5.20. The summed E-state index contributed by atoms with van der Waals surface area (Å²) >= 11 is 3.12. The van der Waals surface area contributed by atoms with Gasteiger partial charge in [0.25, 0.3) is 11.6 Å². The van der Waals surface area contributed by atoms with Gasteiger partial charge >= 0.3 is 0 Å². The average Bonchev–Trinajstić information content (AvgIpc) is 2.41. The molecule has 0 saturated heterocycles. The van der Waals surface area contributed by atoms with Crippen LogP contribution in [-0.4, -0.2) is 10.8 Å². The number of nitrogens with zero attached hydrogens (tertiary/aromatic N) is 1. The fourth-order valence-electron chi connectivity index (χ4n) is 1.85. The van der Waals surface area contributed by atoms with Gasteiger partial charge in [-0.15, -0.1) is 0 Å². The van der Waals surface area contributed by atoms with Crippen molar-refractivity contribution >= 4 is 33.2 Å². The predicted octanol–water partition coefficient (Wildman–Crippen LogP) is 4.06. The molecule has 21 heavy (non-hydrogen) atoms. The van der Waals surface area contributed by atoms with Crippen molar-refractivity contribution in [2.45, 2.75) is 6.92 Å². The van der Waals surface area contributed by atoms with Crippen LogP contribution in [-0.2, 0) is 0 Å². The van der Waals surface area contributed by atoms with E-state index in [2.05, 4.69) is 21.2 Å². The third-order valence-corrected chi connectivity index (χ3v) is 3.42. The van der Waals surface area contributed by atoms with Crippen LogP contribution in [0.5, 0.6) is 0 Å². The molecule has 0 bridgehead atoms. The van der Waals surface area contributed by atoms with Gasteiger partial charge in [0.15, 0.2) is 0 Å². The highest BCUT2D eigenvalue weighted by molar-refractivity contribution is 9.10. The van der Waals surface area contributed by atoms with Gasteiger partial charge in [0.1, 0.15) is 5.82 Å². The zero-order valence-corrected chi connectivity index (χ0v) is 12.5.